The molecule has 58 valence electrons. The molecule has 0 bridgehead atoms. The SMILES string of the molecule is OB(O)N1CCNCC1Cl. The molecule has 3 N–H and O–H groups in total. The Balaban J connectivity index is 2.40. The lowest BCUT2D eigenvalue weighted by Crippen LogP contribution is -2.55. The average Bonchev–Trinajstić information content (AvgIpc) is 1.88. The highest BCUT2D eigenvalue weighted by atomic mass is 35.5. The first-order valence-electron chi connectivity index (χ1n) is 3.18. The maximum Gasteiger partial charge on any atom is 0.553 e. The number of hydrogen-bond donors (Lipinski definition) is 3. The highest BCUT2D eigenvalue weighted by Gasteiger charge is 2.28. The van der Waals surface area contributed by atoms with Gasteiger partial charge in [0, 0.05) is 19.6 Å². The van der Waals surface area contributed by atoms with Crippen LogP contribution in [0.25, 0.3) is 0 Å². The molecule has 0 aromatic rings. The van der Waals surface area contributed by atoms with Crippen LogP contribution in [0.3, 0.4) is 0 Å². The standard InChI is InChI=1S/C4H10BClN2O2/c6-4-3-7-1-2-8(4)5(9)10/h4,7,9-10H,1-3H2. The fourth-order valence-electron chi connectivity index (χ4n) is 0.947. The summed E-state index contributed by atoms with van der Waals surface area (Å²) in [6.07, 6.45) is 0. The van der Waals surface area contributed by atoms with E-state index >= 15 is 0 Å². The lowest BCUT2D eigenvalue weighted by atomic mass is 10.1. The van der Waals surface area contributed by atoms with Crippen molar-refractivity contribution in [1.82, 2.24) is 10.1 Å². The highest BCUT2D eigenvalue weighted by Crippen LogP contribution is 2.06. The second-order valence-electron chi connectivity index (χ2n) is 2.22. The Kier molecular flexibility index (Phi) is 2.94. The summed E-state index contributed by atoms with van der Waals surface area (Å²) in [6.45, 7) is 1.92. The van der Waals surface area contributed by atoms with Crippen LogP contribution < -0.4 is 5.32 Å². The zero-order chi connectivity index (χ0) is 7.56. The molecule has 6 heteroatoms. The first-order valence-corrected chi connectivity index (χ1v) is 3.62. The van der Waals surface area contributed by atoms with E-state index in [1.54, 1.807) is 0 Å². The zero-order valence-electron chi connectivity index (χ0n) is 5.50. The van der Waals surface area contributed by atoms with E-state index in [1.807, 2.05) is 0 Å². The summed E-state index contributed by atoms with van der Waals surface area (Å²) in [5, 5.41) is 20.5. The smallest absolute Gasteiger partial charge is 0.413 e. The number of nitrogens with one attached hydrogen (secondary N) is 1. The molecule has 0 spiro atoms. The van der Waals surface area contributed by atoms with Crippen molar-refractivity contribution in [3.05, 3.63) is 0 Å². The molecule has 1 saturated heterocycles. The summed E-state index contributed by atoms with van der Waals surface area (Å²) in [4.78, 5) is 1.41. The molecular formula is C4H10BClN2O2. The number of hydrogen-bond acceptors (Lipinski definition) is 4. The highest BCUT2D eigenvalue weighted by molar-refractivity contribution is 6.39. The Bertz CT molecular complexity index is 115. The number of rotatable bonds is 1. The van der Waals surface area contributed by atoms with Gasteiger partial charge in [-0.15, -0.1) is 11.6 Å². The largest absolute Gasteiger partial charge is 0.553 e. The zero-order valence-corrected chi connectivity index (χ0v) is 6.25. The van der Waals surface area contributed by atoms with Gasteiger partial charge >= 0.3 is 7.25 Å². The molecule has 1 aliphatic rings. The third-order valence-corrected chi connectivity index (χ3v) is 1.92. The molecule has 10 heavy (non-hydrogen) atoms. The van der Waals surface area contributed by atoms with Gasteiger partial charge in [-0.3, -0.25) is 4.81 Å². The number of piperazine rings is 1. The molecule has 1 atom stereocenters. The Morgan fingerprint density at radius 3 is 2.70 bits per heavy atom. The molecule has 0 radical (unpaired) electrons. The van der Waals surface area contributed by atoms with Crippen LogP contribution in [-0.4, -0.2) is 47.2 Å². The Morgan fingerprint density at radius 1 is 1.60 bits per heavy atom. The van der Waals surface area contributed by atoms with Gasteiger partial charge in [0.1, 0.15) is 0 Å². The third-order valence-electron chi connectivity index (χ3n) is 1.52. The van der Waals surface area contributed by atoms with Crippen LogP contribution in [0.4, 0.5) is 0 Å². The van der Waals surface area contributed by atoms with Crippen LogP contribution in [-0.2, 0) is 0 Å². The molecule has 0 aromatic carbocycles. The van der Waals surface area contributed by atoms with Crippen LogP contribution in [0, 0.1) is 0 Å². The summed E-state index contributed by atoms with van der Waals surface area (Å²) in [5.41, 5.74) is -0.311. The van der Waals surface area contributed by atoms with Gasteiger partial charge in [-0.2, -0.15) is 0 Å². The molecule has 1 heterocycles. The molecule has 1 fully saturated rings. The van der Waals surface area contributed by atoms with Crippen molar-refractivity contribution in [2.75, 3.05) is 19.6 Å². The lowest BCUT2D eigenvalue weighted by Gasteiger charge is -2.31. The van der Waals surface area contributed by atoms with Crippen LogP contribution in [0.2, 0.25) is 0 Å². The van der Waals surface area contributed by atoms with Crippen molar-refractivity contribution in [3.8, 4) is 0 Å². The maximum absolute atomic E-state index is 8.72. The summed E-state index contributed by atoms with van der Waals surface area (Å²) >= 11 is 5.72. The first-order chi connectivity index (χ1) is 4.72. The van der Waals surface area contributed by atoms with Crippen molar-refractivity contribution in [2.45, 2.75) is 5.50 Å². The van der Waals surface area contributed by atoms with Gasteiger partial charge in [0.25, 0.3) is 0 Å². The van der Waals surface area contributed by atoms with Crippen molar-refractivity contribution < 1.29 is 10.0 Å². The molecule has 0 aromatic heterocycles. The summed E-state index contributed by atoms with van der Waals surface area (Å²) in [6, 6.07) is 0. The summed E-state index contributed by atoms with van der Waals surface area (Å²) in [5.74, 6) is 0. The van der Waals surface area contributed by atoms with E-state index in [9.17, 15) is 0 Å². The van der Waals surface area contributed by atoms with Crippen LogP contribution in [0.15, 0.2) is 0 Å². The van der Waals surface area contributed by atoms with E-state index in [2.05, 4.69) is 5.32 Å². The molecule has 0 amide bonds. The molecular weight excluding hydrogens is 154 g/mol. The molecule has 1 unspecified atom stereocenters. The van der Waals surface area contributed by atoms with E-state index < -0.39 is 7.25 Å². The predicted molar refractivity (Wildman–Crippen MR) is 39.4 cm³/mol. The minimum Gasteiger partial charge on any atom is -0.413 e. The number of halogens is 1. The second kappa shape index (κ2) is 3.55. The van der Waals surface area contributed by atoms with E-state index in [1.165, 1.54) is 4.81 Å². The van der Waals surface area contributed by atoms with Gasteiger partial charge < -0.3 is 15.4 Å². The van der Waals surface area contributed by atoms with E-state index in [-0.39, 0.29) is 5.50 Å². The molecule has 0 saturated carbocycles. The lowest BCUT2D eigenvalue weighted by molar-refractivity contribution is 0.232. The van der Waals surface area contributed by atoms with Crippen molar-refractivity contribution in [3.63, 3.8) is 0 Å². The minimum atomic E-state index is -1.43. The van der Waals surface area contributed by atoms with Gasteiger partial charge in [-0.1, -0.05) is 0 Å². The molecule has 0 aliphatic carbocycles. The van der Waals surface area contributed by atoms with Gasteiger partial charge in [-0.05, 0) is 0 Å². The predicted octanol–water partition coefficient (Wildman–Crippen LogP) is -1.57. The topological polar surface area (TPSA) is 55.7 Å². The molecule has 1 aliphatic heterocycles. The van der Waals surface area contributed by atoms with E-state index in [0.29, 0.717) is 13.1 Å². The second-order valence-corrected chi connectivity index (χ2v) is 2.73. The van der Waals surface area contributed by atoms with E-state index in [0.717, 1.165) is 6.54 Å². The monoisotopic (exact) mass is 164 g/mol. The molecule has 4 nitrogen and oxygen atoms in total. The fraction of sp³-hybridized carbons (Fsp3) is 1.00. The van der Waals surface area contributed by atoms with Crippen LogP contribution >= 0.6 is 11.6 Å². The fourth-order valence-corrected chi connectivity index (χ4v) is 1.25. The quantitative estimate of drug-likeness (QED) is 0.249. The number of alkyl halides is 1. The minimum absolute atomic E-state index is 0.311. The van der Waals surface area contributed by atoms with E-state index in [4.69, 9.17) is 21.6 Å². The normalized spacial score (nSPS) is 28.5. The summed E-state index contributed by atoms with van der Waals surface area (Å²) in [7, 11) is -1.43. The van der Waals surface area contributed by atoms with Crippen molar-refractivity contribution in [1.29, 1.82) is 0 Å². The number of nitrogens with zero attached hydrogens (tertiary/aromatic N) is 1. The summed E-state index contributed by atoms with van der Waals surface area (Å²) < 4.78 is 0. The van der Waals surface area contributed by atoms with Crippen LogP contribution in [0.5, 0.6) is 0 Å². The van der Waals surface area contributed by atoms with Gasteiger partial charge in [0.2, 0.25) is 0 Å². The first kappa shape index (κ1) is 8.29. The van der Waals surface area contributed by atoms with Gasteiger partial charge in [0.15, 0.2) is 0 Å². The van der Waals surface area contributed by atoms with Gasteiger partial charge in [0.05, 0.1) is 5.50 Å². The van der Waals surface area contributed by atoms with Crippen molar-refractivity contribution >= 4 is 18.9 Å². The average molecular weight is 164 g/mol. The van der Waals surface area contributed by atoms with Crippen molar-refractivity contribution in [2.24, 2.45) is 0 Å². The van der Waals surface area contributed by atoms with Crippen LogP contribution in [0.1, 0.15) is 0 Å². The molecule has 1 rings (SSSR count). The Labute approximate surface area is 64.9 Å². The maximum atomic E-state index is 8.72. The Morgan fingerprint density at radius 2 is 2.30 bits per heavy atom. The van der Waals surface area contributed by atoms with Gasteiger partial charge in [-0.25, -0.2) is 0 Å². The third kappa shape index (κ3) is 1.84. The Hall–Kier alpha value is 0.195.